The van der Waals surface area contributed by atoms with E-state index in [1.807, 2.05) is 6.07 Å². The monoisotopic (exact) mass is 255 g/mol. The molecule has 0 amide bonds. The van der Waals surface area contributed by atoms with E-state index in [2.05, 4.69) is 0 Å². The van der Waals surface area contributed by atoms with Crippen LogP contribution in [0.15, 0.2) is 42.5 Å². The number of aldehydes is 1. The third kappa shape index (κ3) is 3.17. The second kappa shape index (κ2) is 5.78. The van der Waals surface area contributed by atoms with Gasteiger partial charge in [0.1, 0.15) is 24.5 Å². The molecule has 0 aromatic heterocycles. The predicted molar refractivity (Wildman–Crippen MR) is 67.3 cm³/mol. The maximum absolute atomic E-state index is 13.1. The van der Waals surface area contributed by atoms with Crippen LogP contribution < -0.4 is 4.74 Å². The van der Waals surface area contributed by atoms with E-state index in [-0.39, 0.29) is 6.61 Å². The topological polar surface area (TPSA) is 50.1 Å². The Bertz CT molecular complexity index is 647. The average Bonchev–Trinajstić information content (AvgIpc) is 2.45. The van der Waals surface area contributed by atoms with Crippen LogP contribution in [0.4, 0.5) is 4.39 Å². The minimum Gasteiger partial charge on any atom is -0.489 e. The van der Waals surface area contributed by atoms with Gasteiger partial charge >= 0.3 is 0 Å². The third-order valence-electron chi connectivity index (χ3n) is 2.58. The van der Waals surface area contributed by atoms with Crippen LogP contribution >= 0.6 is 0 Å². The van der Waals surface area contributed by atoms with Gasteiger partial charge in [-0.1, -0.05) is 12.1 Å². The van der Waals surface area contributed by atoms with Crippen LogP contribution in [-0.4, -0.2) is 6.29 Å². The van der Waals surface area contributed by atoms with Crippen molar-refractivity contribution >= 4 is 6.29 Å². The Morgan fingerprint density at radius 2 is 2.11 bits per heavy atom. The van der Waals surface area contributed by atoms with E-state index in [9.17, 15) is 9.18 Å². The lowest BCUT2D eigenvalue weighted by Crippen LogP contribution is -1.99. The maximum atomic E-state index is 13.1. The molecule has 0 aliphatic rings. The highest BCUT2D eigenvalue weighted by molar-refractivity contribution is 5.75. The van der Waals surface area contributed by atoms with Gasteiger partial charge < -0.3 is 4.74 Å². The fourth-order valence-corrected chi connectivity index (χ4v) is 1.63. The molecule has 2 rings (SSSR count). The highest BCUT2D eigenvalue weighted by Crippen LogP contribution is 2.16. The summed E-state index contributed by atoms with van der Waals surface area (Å²) in [6.45, 7) is 0.0724. The highest BCUT2D eigenvalue weighted by atomic mass is 19.1. The number of hydrogen-bond donors (Lipinski definition) is 0. The molecule has 3 nitrogen and oxygen atoms in total. The van der Waals surface area contributed by atoms with E-state index >= 15 is 0 Å². The summed E-state index contributed by atoms with van der Waals surface area (Å²) >= 11 is 0. The van der Waals surface area contributed by atoms with Crippen molar-refractivity contribution in [3.05, 3.63) is 65.0 Å². The van der Waals surface area contributed by atoms with Crippen molar-refractivity contribution in [2.75, 3.05) is 0 Å². The zero-order valence-corrected chi connectivity index (χ0v) is 9.97. The number of carbonyl (C=O) groups excluding carboxylic acids is 1. The van der Waals surface area contributed by atoms with Crippen LogP contribution in [-0.2, 0) is 6.61 Å². The Labute approximate surface area is 109 Å². The van der Waals surface area contributed by atoms with Gasteiger partial charge in [0.15, 0.2) is 0 Å². The van der Waals surface area contributed by atoms with Crippen LogP contribution in [0.1, 0.15) is 21.5 Å². The van der Waals surface area contributed by atoms with E-state index in [0.717, 1.165) is 6.29 Å². The molecule has 0 aliphatic carbocycles. The molecule has 0 fully saturated rings. The summed E-state index contributed by atoms with van der Waals surface area (Å²) in [6, 6.07) is 12.5. The Morgan fingerprint density at radius 1 is 1.26 bits per heavy atom. The second-order valence-electron chi connectivity index (χ2n) is 3.89. The minimum atomic E-state index is -0.417. The molecular weight excluding hydrogens is 245 g/mol. The SMILES string of the molecule is N#Cc1ccc(F)cc1COc1cccc(C=O)c1. The third-order valence-corrected chi connectivity index (χ3v) is 2.58. The number of carbonyl (C=O) groups is 1. The van der Waals surface area contributed by atoms with Gasteiger partial charge in [-0.25, -0.2) is 4.39 Å². The summed E-state index contributed by atoms with van der Waals surface area (Å²) in [4.78, 5) is 10.6. The summed E-state index contributed by atoms with van der Waals surface area (Å²) in [6.07, 6.45) is 0.718. The molecule has 0 unspecified atom stereocenters. The first-order valence-electron chi connectivity index (χ1n) is 5.59. The van der Waals surface area contributed by atoms with E-state index in [1.165, 1.54) is 18.2 Å². The molecule has 0 saturated heterocycles. The Kier molecular flexibility index (Phi) is 3.89. The van der Waals surface area contributed by atoms with Crippen molar-refractivity contribution in [1.29, 1.82) is 5.26 Å². The number of nitriles is 1. The molecule has 94 valence electrons. The van der Waals surface area contributed by atoms with Crippen LogP contribution in [0.2, 0.25) is 0 Å². The summed E-state index contributed by atoms with van der Waals surface area (Å²) in [7, 11) is 0. The van der Waals surface area contributed by atoms with Gasteiger partial charge in [-0.2, -0.15) is 5.26 Å². The van der Waals surface area contributed by atoms with E-state index < -0.39 is 5.82 Å². The van der Waals surface area contributed by atoms with Gasteiger partial charge in [-0.15, -0.1) is 0 Å². The van der Waals surface area contributed by atoms with Gasteiger partial charge in [0.2, 0.25) is 0 Å². The molecule has 2 aromatic rings. The van der Waals surface area contributed by atoms with Crippen molar-refractivity contribution in [1.82, 2.24) is 0 Å². The Hall–Kier alpha value is -2.67. The quantitative estimate of drug-likeness (QED) is 0.789. The number of halogens is 1. The number of ether oxygens (including phenoxy) is 1. The van der Waals surface area contributed by atoms with Crippen LogP contribution in [0.25, 0.3) is 0 Å². The minimum absolute atomic E-state index is 0.0724. The fraction of sp³-hybridized carbons (Fsp3) is 0.0667. The average molecular weight is 255 g/mol. The first-order chi connectivity index (χ1) is 9.22. The van der Waals surface area contributed by atoms with Gasteiger partial charge in [-0.05, 0) is 30.3 Å². The van der Waals surface area contributed by atoms with Crippen LogP contribution in [0.3, 0.4) is 0 Å². The summed E-state index contributed by atoms with van der Waals surface area (Å²) in [5, 5.41) is 8.91. The van der Waals surface area contributed by atoms with Crippen molar-refractivity contribution in [3.63, 3.8) is 0 Å². The standard InChI is InChI=1S/C15H10FNO2/c16-14-5-4-12(8-17)13(7-14)10-19-15-3-1-2-11(6-15)9-18/h1-7,9H,10H2. The van der Waals surface area contributed by atoms with Gasteiger partial charge in [0, 0.05) is 11.1 Å². The second-order valence-corrected chi connectivity index (χ2v) is 3.89. The molecule has 4 heteroatoms. The zero-order valence-electron chi connectivity index (χ0n) is 9.97. The Balaban J connectivity index is 2.16. The molecule has 0 heterocycles. The Morgan fingerprint density at radius 3 is 2.84 bits per heavy atom. The molecular formula is C15H10FNO2. The van der Waals surface area contributed by atoms with Gasteiger partial charge in [0.05, 0.1) is 11.6 Å². The lowest BCUT2D eigenvalue weighted by atomic mass is 10.1. The van der Waals surface area contributed by atoms with E-state index in [0.29, 0.717) is 22.4 Å². The number of nitrogens with zero attached hydrogens (tertiary/aromatic N) is 1. The zero-order chi connectivity index (χ0) is 13.7. The number of benzene rings is 2. The number of hydrogen-bond acceptors (Lipinski definition) is 3. The molecule has 0 atom stereocenters. The van der Waals surface area contributed by atoms with Crippen molar-refractivity contribution in [2.24, 2.45) is 0 Å². The molecule has 0 N–H and O–H groups in total. The normalized spacial score (nSPS) is 9.68. The molecule has 2 aromatic carbocycles. The van der Waals surface area contributed by atoms with E-state index in [4.69, 9.17) is 10.00 Å². The lowest BCUT2D eigenvalue weighted by Gasteiger charge is -2.08. The number of rotatable bonds is 4. The molecule has 0 bridgehead atoms. The summed E-state index contributed by atoms with van der Waals surface area (Å²) < 4.78 is 18.6. The summed E-state index contributed by atoms with van der Waals surface area (Å²) in [5.74, 6) is 0.0805. The van der Waals surface area contributed by atoms with Crippen LogP contribution in [0, 0.1) is 17.1 Å². The van der Waals surface area contributed by atoms with Crippen molar-refractivity contribution in [2.45, 2.75) is 6.61 Å². The van der Waals surface area contributed by atoms with Crippen molar-refractivity contribution in [3.8, 4) is 11.8 Å². The van der Waals surface area contributed by atoms with Gasteiger partial charge in [0.25, 0.3) is 0 Å². The lowest BCUT2D eigenvalue weighted by molar-refractivity contribution is 0.112. The highest BCUT2D eigenvalue weighted by Gasteiger charge is 2.05. The maximum Gasteiger partial charge on any atom is 0.150 e. The molecule has 19 heavy (non-hydrogen) atoms. The fourth-order valence-electron chi connectivity index (χ4n) is 1.63. The smallest absolute Gasteiger partial charge is 0.150 e. The summed E-state index contributed by atoms with van der Waals surface area (Å²) in [5.41, 5.74) is 1.34. The molecule has 0 spiro atoms. The first kappa shape index (κ1) is 12.8. The largest absolute Gasteiger partial charge is 0.489 e. The van der Waals surface area contributed by atoms with Gasteiger partial charge in [-0.3, -0.25) is 4.79 Å². The molecule has 0 radical (unpaired) electrons. The predicted octanol–water partition coefficient (Wildman–Crippen LogP) is 3.09. The molecule has 0 aliphatic heterocycles. The van der Waals surface area contributed by atoms with E-state index in [1.54, 1.807) is 24.3 Å². The first-order valence-corrected chi connectivity index (χ1v) is 5.59. The van der Waals surface area contributed by atoms with Crippen molar-refractivity contribution < 1.29 is 13.9 Å². The molecule has 0 saturated carbocycles. The van der Waals surface area contributed by atoms with Crippen LogP contribution in [0.5, 0.6) is 5.75 Å².